The average molecular weight is 282 g/mol. The zero-order chi connectivity index (χ0) is 14.7. The number of benzene rings is 2. The van der Waals surface area contributed by atoms with E-state index in [1.807, 2.05) is 30.3 Å². The summed E-state index contributed by atoms with van der Waals surface area (Å²) in [7, 11) is 1.36. The first-order valence-corrected chi connectivity index (χ1v) is 6.51. The molecule has 0 aliphatic heterocycles. The highest BCUT2D eigenvalue weighted by molar-refractivity contribution is 5.93. The van der Waals surface area contributed by atoms with E-state index >= 15 is 0 Å². The van der Waals surface area contributed by atoms with Crippen molar-refractivity contribution in [3.63, 3.8) is 0 Å². The molecule has 0 amide bonds. The number of esters is 1. The van der Waals surface area contributed by atoms with Crippen LogP contribution in [-0.4, -0.2) is 23.0 Å². The molecule has 21 heavy (non-hydrogen) atoms. The number of hydrogen-bond acceptors (Lipinski definition) is 4. The quantitative estimate of drug-likeness (QED) is 0.747. The van der Waals surface area contributed by atoms with Crippen LogP contribution in [0.1, 0.15) is 16.2 Å². The summed E-state index contributed by atoms with van der Waals surface area (Å²) < 4.78 is 10.3. The summed E-state index contributed by atoms with van der Waals surface area (Å²) in [4.78, 5) is 19.1. The zero-order valence-electron chi connectivity index (χ0n) is 11.5. The van der Waals surface area contributed by atoms with Crippen molar-refractivity contribution in [3.05, 3.63) is 59.9 Å². The van der Waals surface area contributed by atoms with Crippen LogP contribution in [0.4, 0.5) is 0 Å². The third-order valence-electron chi connectivity index (χ3n) is 3.07. The number of para-hydroxylation sites is 1. The molecule has 2 aromatic carbocycles. The molecule has 0 bridgehead atoms. The number of nitrogens with zero attached hydrogens (tertiary/aromatic N) is 1. The third kappa shape index (κ3) is 2.86. The van der Waals surface area contributed by atoms with Crippen molar-refractivity contribution in [2.45, 2.75) is 6.61 Å². The molecule has 1 N–H and O–H groups in total. The second-order valence-electron chi connectivity index (χ2n) is 4.51. The smallest absolute Gasteiger partial charge is 0.337 e. The summed E-state index contributed by atoms with van der Waals surface area (Å²) in [5.41, 5.74) is 2.06. The summed E-state index contributed by atoms with van der Waals surface area (Å²) in [6.45, 7) is 0.340. The Kier molecular flexibility index (Phi) is 3.55. The highest BCUT2D eigenvalue weighted by atomic mass is 16.5. The normalized spacial score (nSPS) is 10.5. The zero-order valence-corrected chi connectivity index (χ0v) is 11.5. The van der Waals surface area contributed by atoms with Crippen LogP contribution in [0, 0.1) is 0 Å². The molecule has 3 aromatic rings. The van der Waals surface area contributed by atoms with E-state index in [4.69, 9.17) is 9.47 Å². The number of ether oxygens (including phenoxy) is 2. The number of carbonyl (C=O) groups is 1. The summed E-state index contributed by atoms with van der Waals surface area (Å²) in [6, 6.07) is 14.7. The van der Waals surface area contributed by atoms with Crippen molar-refractivity contribution in [2.75, 3.05) is 7.11 Å². The fourth-order valence-electron chi connectivity index (χ4n) is 2.04. The third-order valence-corrected chi connectivity index (χ3v) is 3.07. The van der Waals surface area contributed by atoms with Crippen LogP contribution in [-0.2, 0) is 11.3 Å². The van der Waals surface area contributed by atoms with Crippen molar-refractivity contribution in [1.29, 1.82) is 0 Å². The lowest BCUT2D eigenvalue weighted by molar-refractivity contribution is 0.0601. The van der Waals surface area contributed by atoms with Gasteiger partial charge in [-0.15, -0.1) is 0 Å². The fourth-order valence-corrected chi connectivity index (χ4v) is 2.04. The number of nitrogens with one attached hydrogen (secondary N) is 1. The minimum absolute atomic E-state index is 0.340. The molecule has 0 radical (unpaired) electrons. The maximum Gasteiger partial charge on any atom is 0.337 e. The van der Waals surface area contributed by atoms with Crippen LogP contribution in [0.2, 0.25) is 0 Å². The van der Waals surface area contributed by atoms with Crippen molar-refractivity contribution < 1.29 is 14.3 Å². The number of aromatic nitrogens is 2. The summed E-state index contributed by atoms with van der Waals surface area (Å²) >= 11 is 0. The maximum absolute atomic E-state index is 11.5. The lowest BCUT2D eigenvalue weighted by atomic mass is 10.2. The van der Waals surface area contributed by atoms with Crippen LogP contribution < -0.4 is 4.74 Å². The molecule has 0 saturated heterocycles. The van der Waals surface area contributed by atoms with Crippen molar-refractivity contribution in [2.24, 2.45) is 0 Å². The molecule has 1 aromatic heterocycles. The van der Waals surface area contributed by atoms with E-state index in [9.17, 15) is 4.79 Å². The predicted octanol–water partition coefficient (Wildman–Crippen LogP) is 2.93. The number of methoxy groups -OCH3 is 1. The molecule has 0 saturated carbocycles. The molecule has 106 valence electrons. The highest BCUT2D eigenvalue weighted by Gasteiger charge is 2.09. The average Bonchev–Trinajstić information content (AvgIpc) is 2.95. The first-order chi connectivity index (χ1) is 10.3. The van der Waals surface area contributed by atoms with Gasteiger partial charge in [-0.25, -0.2) is 9.78 Å². The standard InChI is InChI=1S/C16H14N2O3/c1-20-16(19)11-7-8-13-14(9-11)18-15(17-13)10-21-12-5-3-2-4-6-12/h2-9H,10H2,1H3,(H,17,18). The number of aromatic amines is 1. The lowest BCUT2D eigenvalue weighted by Crippen LogP contribution is -2.00. The van der Waals surface area contributed by atoms with Gasteiger partial charge in [-0.2, -0.15) is 0 Å². The van der Waals surface area contributed by atoms with Crippen molar-refractivity contribution >= 4 is 17.0 Å². The summed E-state index contributed by atoms with van der Waals surface area (Å²) in [5, 5.41) is 0. The Labute approximate surface area is 121 Å². The minimum atomic E-state index is -0.367. The number of rotatable bonds is 4. The number of H-pyrrole nitrogens is 1. The van der Waals surface area contributed by atoms with E-state index in [2.05, 4.69) is 9.97 Å². The lowest BCUT2D eigenvalue weighted by Gasteiger charge is -2.02. The Bertz CT molecular complexity index is 766. The topological polar surface area (TPSA) is 64.2 Å². The Morgan fingerprint density at radius 1 is 1.19 bits per heavy atom. The van der Waals surface area contributed by atoms with E-state index in [-0.39, 0.29) is 5.97 Å². The molecular weight excluding hydrogens is 268 g/mol. The maximum atomic E-state index is 11.5. The second kappa shape index (κ2) is 5.66. The predicted molar refractivity (Wildman–Crippen MR) is 78.2 cm³/mol. The number of imidazole rings is 1. The van der Waals surface area contributed by atoms with Crippen molar-refractivity contribution in [3.8, 4) is 5.75 Å². The van der Waals surface area contributed by atoms with E-state index in [0.29, 0.717) is 18.0 Å². The van der Waals surface area contributed by atoms with Crippen LogP contribution in [0.15, 0.2) is 48.5 Å². The Hall–Kier alpha value is -2.82. The van der Waals surface area contributed by atoms with Gasteiger partial charge in [0.1, 0.15) is 18.2 Å². The number of fused-ring (bicyclic) bond motifs is 1. The molecule has 0 fully saturated rings. The van der Waals surface area contributed by atoms with Gasteiger partial charge in [-0.1, -0.05) is 18.2 Å². The monoisotopic (exact) mass is 282 g/mol. The molecule has 0 unspecified atom stereocenters. The fraction of sp³-hybridized carbons (Fsp3) is 0.125. The van der Waals surface area contributed by atoms with Crippen LogP contribution in [0.5, 0.6) is 5.75 Å². The van der Waals surface area contributed by atoms with Crippen LogP contribution in [0.25, 0.3) is 11.0 Å². The molecule has 1 heterocycles. The van der Waals surface area contributed by atoms with Gasteiger partial charge in [0.15, 0.2) is 0 Å². The molecule has 0 atom stereocenters. The van der Waals surface area contributed by atoms with Gasteiger partial charge < -0.3 is 14.5 Å². The van der Waals surface area contributed by atoms with Gasteiger partial charge >= 0.3 is 5.97 Å². The molecule has 5 heteroatoms. The van der Waals surface area contributed by atoms with Crippen molar-refractivity contribution in [1.82, 2.24) is 9.97 Å². The summed E-state index contributed by atoms with van der Waals surface area (Å²) in [5.74, 6) is 1.12. The molecule has 0 aliphatic rings. The van der Waals surface area contributed by atoms with Gasteiger partial charge in [-0.05, 0) is 30.3 Å². The highest BCUT2D eigenvalue weighted by Crippen LogP contribution is 2.16. The van der Waals surface area contributed by atoms with E-state index < -0.39 is 0 Å². The molecule has 3 rings (SSSR count). The van der Waals surface area contributed by atoms with E-state index in [1.54, 1.807) is 18.2 Å². The van der Waals surface area contributed by atoms with Gasteiger partial charge in [0, 0.05) is 0 Å². The molecule has 0 aliphatic carbocycles. The van der Waals surface area contributed by atoms with Gasteiger partial charge in [0.25, 0.3) is 0 Å². The largest absolute Gasteiger partial charge is 0.486 e. The van der Waals surface area contributed by atoms with E-state index in [1.165, 1.54) is 7.11 Å². The minimum Gasteiger partial charge on any atom is -0.486 e. The SMILES string of the molecule is COC(=O)c1ccc2nc(COc3ccccc3)[nH]c2c1. The van der Waals surface area contributed by atoms with Gasteiger partial charge in [-0.3, -0.25) is 0 Å². The molecule has 5 nitrogen and oxygen atoms in total. The van der Waals surface area contributed by atoms with Crippen LogP contribution >= 0.6 is 0 Å². The van der Waals surface area contributed by atoms with E-state index in [0.717, 1.165) is 16.8 Å². The van der Waals surface area contributed by atoms with Crippen LogP contribution in [0.3, 0.4) is 0 Å². The van der Waals surface area contributed by atoms with Gasteiger partial charge in [0.2, 0.25) is 0 Å². The molecular formula is C16H14N2O3. The Morgan fingerprint density at radius 2 is 2.00 bits per heavy atom. The first kappa shape index (κ1) is 13.2. The summed E-state index contributed by atoms with van der Waals surface area (Å²) in [6.07, 6.45) is 0. The first-order valence-electron chi connectivity index (χ1n) is 6.51. The Morgan fingerprint density at radius 3 is 2.76 bits per heavy atom. The number of hydrogen-bond donors (Lipinski definition) is 1. The second-order valence-corrected chi connectivity index (χ2v) is 4.51. The van der Waals surface area contributed by atoms with Gasteiger partial charge in [0.05, 0.1) is 23.7 Å². The number of carbonyl (C=O) groups excluding carboxylic acids is 1. The Balaban J connectivity index is 1.79. The molecule has 0 spiro atoms.